The maximum absolute atomic E-state index is 13.7. The fourth-order valence-electron chi connectivity index (χ4n) is 2.73. The summed E-state index contributed by atoms with van der Waals surface area (Å²) in [6.45, 7) is 1.84. The molecule has 30 heavy (non-hydrogen) atoms. The Bertz CT molecular complexity index is 1250. The lowest BCUT2D eigenvalue weighted by Crippen LogP contribution is -2.15. The standard InChI is InChI=1S/C20H13F3N4OS2/c1-10-24-18-19(30-10)17(11-2-4-12(21)5-3-11)26-27-20(18)29-9-16(28)25-15-7-6-13(22)8-14(15)23/h2-8H,9H2,1H3,(H,25,28). The van der Waals surface area contributed by atoms with Gasteiger partial charge in [0.1, 0.15) is 33.7 Å². The van der Waals surface area contributed by atoms with E-state index in [1.165, 1.54) is 23.5 Å². The molecule has 0 saturated heterocycles. The Morgan fingerprint density at radius 2 is 1.80 bits per heavy atom. The van der Waals surface area contributed by atoms with Gasteiger partial charge < -0.3 is 5.32 Å². The van der Waals surface area contributed by atoms with Gasteiger partial charge in [-0.05, 0) is 43.3 Å². The van der Waals surface area contributed by atoms with E-state index < -0.39 is 17.5 Å². The number of benzene rings is 2. The largest absolute Gasteiger partial charge is 0.323 e. The van der Waals surface area contributed by atoms with Crippen LogP contribution >= 0.6 is 23.1 Å². The molecule has 1 amide bonds. The molecule has 0 saturated carbocycles. The van der Waals surface area contributed by atoms with Gasteiger partial charge in [0.2, 0.25) is 5.91 Å². The molecule has 0 unspecified atom stereocenters. The maximum atomic E-state index is 13.7. The summed E-state index contributed by atoms with van der Waals surface area (Å²) >= 11 is 2.53. The number of nitrogens with one attached hydrogen (secondary N) is 1. The fourth-order valence-corrected chi connectivity index (χ4v) is 4.44. The second-order valence-electron chi connectivity index (χ2n) is 6.23. The van der Waals surface area contributed by atoms with Crippen LogP contribution in [0.1, 0.15) is 5.01 Å². The summed E-state index contributed by atoms with van der Waals surface area (Å²) in [5.41, 5.74) is 1.78. The molecule has 0 aliphatic carbocycles. The number of carbonyl (C=O) groups excluding carboxylic acids is 1. The molecule has 4 rings (SSSR count). The summed E-state index contributed by atoms with van der Waals surface area (Å²) < 4.78 is 40.7. The Morgan fingerprint density at radius 3 is 2.53 bits per heavy atom. The number of amides is 1. The number of anilines is 1. The zero-order valence-corrected chi connectivity index (χ0v) is 17.1. The van der Waals surface area contributed by atoms with Gasteiger partial charge in [-0.1, -0.05) is 11.8 Å². The zero-order chi connectivity index (χ0) is 21.3. The molecule has 0 atom stereocenters. The maximum Gasteiger partial charge on any atom is 0.234 e. The highest BCUT2D eigenvalue weighted by Gasteiger charge is 2.17. The molecule has 0 aliphatic heterocycles. The number of hydrogen-bond donors (Lipinski definition) is 1. The molecule has 152 valence electrons. The lowest BCUT2D eigenvalue weighted by atomic mass is 10.1. The van der Waals surface area contributed by atoms with Gasteiger partial charge >= 0.3 is 0 Å². The molecule has 0 aliphatic rings. The summed E-state index contributed by atoms with van der Waals surface area (Å²) in [5, 5.41) is 12.1. The Morgan fingerprint density at radius 1 is 1.07 bits per heavy atom. The number of hydrogen-bond acceptors (Lipinski definition) is 6. The van der Waals surface area contributed by atoms with Crippen molar-refractivity contribution in [2.45, 2.75) is 11.9 Å². The van der Waals surface area contributed by atoms with Gasteiger partial charge in [0.15, 0.2) is 0 Å². The first kappa shape index (κ1) is 20.3. The topological polar surface area (TPSA) is 67.8 Å². The molecule has 5 nitrogen and oxygen atoms in total. The first-order valence-electron chi connectivity index (χ1n) is 8.68. The SMILES string of the molecule is Cc1nc2c(SCC(=O)Nc3ccc(F)cc3F)nnc(-c3ccc(F)cc3)c2s1. The van der Waals surface area contributed by atoms with Gasteiger partial charge in [-0.3, -0.25) is 4.79 Å². The van der Waals surface area contributed by atoms with Crippen molar-refractivity contribution in [1.82, 2.24) is 15.2 Å². The molecule has 2 aromatic carbocycles. The summed E-state index contributed by atoms with van der Waals surface area (Å²) in [6, 6.07) is 8.84. The van der Waals surface area contributed by atoms with Crippen molar-refractivity contribution < 1.29 is 18.0 Å². The first-order valence-corrected chi connectivity index (χ1v) is 10.5. The molecule has 4 aromatic rings. The third-order valence-corrected chi connectivity index (χ3v) is 5.99. The summed E-state index contributed by atoms with van der Waals surface area (Å²) in [5.74, 6) is -2.46. The van der Waals surface area contributed by atoms with Crippen molar-refractivity contribution in [1.29, 1.82) is 0 Å². The lowest BCUT2D eigenvalue weighted by molar-refractivity contribution is -0.113. The van der Waals surface area contributed by atoms with E-state index in [-0.39, 0.29) is 17.3 Å². The van der Waals surface area contributed by atoms with Crippen LogP contribution < -0.4 is 5.32 Å². The van der Waals surface area contributed by atoms with E-state index in [9.17, 15) is 18.0 Å². The molecule has 2 aromatic heterocycles. The molecule has 2 heterocycles. The quantitative estimate of drug-likeness (QED) is 0.426. The minimum atomic E-state index is -0.852. The number of thiazole rings is 1. The third-order valence-electron chi connectivity index (χ3n) is 4.06. The van der Waals surface area contributed by atoms with E-state index in [0.717, 1.165) is 33.6 Å². The van der Waals surface area contributed by atoms with Gasteiger partial charge in [-0.25, -0.2) is 18.2 Å². The molecule has 0 radical (unpaired) electrons. The molecule has 1 N–H and O–H groups in total. The van der Waals surface area contributed by atoms with Crippen LogP contribution in [0.3, 0.4) is 0 Å². The number of rotatable bonds is 5. The normalized spacial score (nSPS) is 11.1. The average Bonchev–Trinajstić information content (AvgIpc) is 3.10. The Labute approximate surface area is 177 Å². The Kier molecular flexibility index (Phi) is 5.69. The summed E-state index contributed by atoms with van der Waals surface area (Å²) in [7, 11) is 0. The predicted molar refractivity (Wildman–Crippen MR) is 111 cm³/mol. The molecular formula is C20H13F3N4OS2. The van der Waals surface area contributed by atoms with E-state index in [1.807, 2.05) is 6.92 Å². The second kappa shape index (κ2) is 8.41. The highest BCUT2D eigenvalue weighted by atomic mass is 32.2. The number of aryl methyl sites for hydroxylation is 1. The number of halogens is 3. The number of fused-ring (bicyclic) bond motifs is 1. The predicted octanol–water partition coefficient (Wildman–Crippen LogP) is 5.21. The number of thioether (sulfide) groups is 1. The average molecular weight is 446 g/mol. The molecule has 0 bridgehead atoms. The molecule has 0 fully saturated rings. The van der Waals surface area contributed by atoms with Crippen molar-refractivity contribution in [3.63, 3.8) is 0 Å². The first-order chi connectivity index (χ1) is 14.4. The van der Waals surface area contributed by atoms with Crippen LogP contribution in [0.25, 0.3) is 21.5 Å². The lowest BCUT2D eigenvalue weighted by Gasteiger charge is -2.07. The highest BCUT2D eigenvalue weighted by Crippen LogP contribution is 2.35. The van der Waals surface area contributed by atoms with Crippen LogP contribution in [0, 0.1) is 24.4 Å². The number of nitrogens with zero attached hydrogens (tertiary/aromatic N) is 3. The third kappa shape index (κ3) is 4.29. The van der Waals surface area contributed by atoms with Crippen molar-refractivity contribution in [3.8, 4) is 11.3 Å². The van der Waals surface area contributed by atoms with Gasteiger partial charge in [-0.2, -0.15) is 0 Å². The number of carbonyl (C=O) groups is 1. The van der Waals surface area contributed by atoms with Crippen LogP contribution in [0.2, 0.25) is 0 Å². The Hall–Kier alpha value is -2.98. The van der Waals surface area contributed by atoms with Gasteiger partial charge in [0.05, 0.1) is 21.1 Å². The van der Waals surface area contributed by atoms with Crippen LogP contribution in [-0.2, 0) is 4.79 Å². The van der Waals surface area contributed by atoms with Crippen molar-refractivity contribution >= 4 is 44.9 Å². The molecule has 10 heteroatoms. The van der Waals surface area contributed by atoms with E-state index in [1.54, 1.807) is 12.1 Å². The summed E-state index contributed by atoms with van der Waals surface area (Å²) in [4.78, 5) is 16.7. The zero-order valence-electron chi connectivity index (χ0n) is 15.4. The minimum Gasteiger partial charge on any atom is -0.323 e. The van der Waals surface area contributed by atoms with Gasteiger partial charge in [-0.15, -0.1) is 21.5 Å². The smallest absolute Gasteiger partial charge is 0.234 e. The fraction of sp³-hybridized carbons (Fsp3) is 0.100. The highest BCUT2D eigenvalue weighted by molar-refractivity contribution is 8.00. The van der Waals surface area contributed by atoms with Crippen LogP contribution in [-0.4, -0.2) is 26.8 Å². The van der Waals surface area contributed by atoms with Crippen LogP contribution in [0.5, 0.6) is 0 Å². The summed E-state index contributed by atoms with van der Waals surface area (Å²) in [6.07, 6.45) is 0. The van der Waals surface area contributed by atoms with Crippen LogP contribution in [0.15, 0.2) is 47.5 Å². The number of aromatic nitrogens is 3. The van der Waals surface area contributed by atoms with E-state index in [2.05, 4.69) is 20.5 Å². The second-order valence-corrected chi connectivity index (χ2v) is 8.40. The molecular weight excluding hydrogens is 433 g/mol. The Balaban J connectivity index is 1.55. The van der Waals surface area contributed by atoms with Gasteiger partial charge in [0, 0.05) is 11.6 Å². The van der Waals surface area contributed by atoms with Crippen LogP contribution in [0.4, 0.5) is 18.9 Å². The van der Waals surface area contributed by atoms with E-state index in [0.29, 0.717) is 27.9 Å². The van der Waals surface area contributed by atoms with Crippen molar-refractivity contribution in [3.05, 3.63) is 64.9 Å². The van der Waals surface area contributed by atoms with Crippen molar-refractivity contribution in [2.75, 3.05) is 11.1 Å². The molecule has 0 spiro atoms. The monoisotopic (exact) mass is 446 g/mol. The van der Waals surface area contributed by atoms with Gasteiger partial charge in [0.25, 0.3) is 0 Å². The minimum absolute atomic E-state index is 0.0624. The van der Waals surface area contributed by atoms with E-state index >= 15 is 0 Å². The van der Waals surface area contributed by atoms with E-state index in [4.69, 9.17) is 0 Å². The van der Waals surface area contributed by atoms with Crippen molar-refractivity contribution in [2.24, 2.45) is 0 Å².